The molecule has 2 rings (SSSR count). The quantitative estimate of drug-likeness (QED) is 0.808. The van der Waals surface area contributed by atoms with Crippen LogP contribution in [0.15, 0.2) is 41.0 Å². The minimum atomic E-state index is 0.274. The summed E-state index contributed by atoms with van der Waals surface area (Å²) in [6.45, 7) is 2.20. The van der Waals surface area contributed by atoms with Crippen molar-refractivity contribution >= 4 is 15.9 Å². The predicted octanol–water partition coefficient (Wildman–Crippen LogP) is 3.59. The first-order valence-electron chi connectivity index (χ1n) is 5.60. The molecule has 4 nitrogen and oxygen atoms in total. The van der Waals surface area contributed by atoms with Crippen molar-refractivity contribution in [1.82, 2.24) is 4.98 Å². The monoisotopic (exact) mass is 318 g/mol. The molecule has 2 aromatic rings. The van der Waals surface area contributed by atoms with Crippen LogP contribution in [-0.4, -0.2) is 4.98 Å². The standard InChI is InChI=1S/C14H11BrN2O2/c1-10-4-3-7-17-14(10)18-8-11-12(15)5-2-6-13(11)19-9-16/h2-7H,8H2,1H3. The zero-order chi connectivity index (χ0) is 13.7. The van der Waals surface area contributed by atoms with E-state index in [2.05, 4.69) is 20.9 Å². The van der Waals surface area contributed by atoms with E-state index in [9.17, 15) is 0 Å². The first kappa shape index (κ1) is 13.4. The molecule has 1 aromatic carbocycles. The lowest BCUT2D eigenvalue weighted by Crippen LogP contribution is -2.01. The molecule has 0 bridgehead atoms. The third-order valence-electron chi connectivity index (χ3n) is 2.55. The molecule has 0 aliphatic carbocycles. The van der Waals surface area contributed by atoms with Gasteiger partial charge in [0.2, 0.25) is 5.88 Å². The van der Waals surface area contributed by atoms with Crippen LogP contribution in [0.5, 0.6) is 11.6 Å². The van der Waals surface area contributed by atoms with Gasteiger partial charge < -0.3 is 9.47 Å². The predicted molar refractivity (Wildman–Crippen MR) is 73.7 cm³/mol. The number of nitriles is 1. The molecule has 0 unspecified atom stereocenters. The number of ether oxygens (including phenoxy) is 2. The second-order valence-corrected chi connectivity index (χ2v) is 4.68. The highest BCUT2D eigenvalue weighted by atomic mass is 79.9. The van der Waals surface area contributed by atoms with E-state index in [0.29, 0.717) is 11.6 Å². The highest BCUT2D eigenvalue weighted by Gasteiger charge is 2.10. The molecule has 0 fully saturated rings. The summed E-state index contributed by atoms with van der Waals surface area (Å²) in [4.78, 5) is 4.16. The largest absolute Gasteiger partial charge is 0.472 e. The molecule has 0 amide bonds. The lowest BCUT2D eigenvalue weighted by atomic mass is 10.2. The highest BCUT2D eigenvalue weighted by Crippen LogP contribution is 2.28. The lowest BCUT2D eigenvalue weighted by Gasteiger charge is -2.11. The van der Waals surface area contributed by atoms with Gasteiger partial charge in [0, 0.05) is 21.8 Å². The van der Waals surface area contributed by atoms with Crippen LogP contribution in [0, 0.1) is 18.4 Å². The Morgan fingerprint density at radius 1 is 1.32 bits per heavy atom. The number of hydrogen-bond acceptors (Lipinski definition) is 4. The summed E-state index contributed by atoms with van der Waals surface area (Å²) in [5.74, 6) is 1.05. The molecule has 19 heavy (non-hydrogen) atoms. The zero-order valence-electron chi connectivity index (χ0n) is 10.3. The second kappa shape index (κ2) is 6.21. The number of halogens is 1. The van der Waals surface area contributed by atoms with Crippen LogP contribution < -0.4 is 9.47 Å². The van der Waals surface area contributed by atoms with Crippen LogP contribution in [0.4, 0.5) is 0 Å². The van der Waals surface area contributed by atoms with Gasteiger partial charge in [0.15, 0.2) is 0 Å². The molecular weight excluding hydrogens is 308 g/mol. The van der Waals surface area contributed by atoms with Crippen molar-refractivity contribution in [2.24, 2.45) is 0 Å². The van der Waals surface area contributed by atoms with Gasteiger partial charge in [0.25, 0.3) is 6.26 Å². The molecule has 0 saturated carbocycles. The number of hydrogen-bond donors (Lipinski definition) is 0. The van der Waals surface area contributed by atoms with Crippen LogP contribution in [0.2, 0.25) is 0 Å². The maximum Gasteiger partial charge on any atom is 0.292 e. The van der Waals surface area contributed by atoms with Gasteiger partial charge >= 0.3 is 0 Å². The Hall–Kier alpha value is -2.06. The summed E-state index contributed by atoms with van der Waals surface area (Å²) in [6.07, 6.45) is 3.34. The number of aromatic nitrogens is 1. The van der Waals surface area contributed by atoms with Gasteiger partial charge in [-0.05, 0) is 25.1 Å². The number of rotatable bonds is 4. The first-order chi connectivity index (χ1) is 9.22. The normalized spacial score (nSPS) is 9.74. The van der Waals surface area contributed by atoms with Gasteiger partial charge in [-0.2, -0.15) is 0 Å². The van der Waals surface area contributed by atoms with E-state index in [1.54, 1.807) is 24.6 Å². The van der Waals surface area contributed by atoms with E-state index in [-0.39, 0.29) is 6.61 Å². The van der Waals surface area contributed by atoms with E-state index in [0.717, 1.165) is 15.6 Å². The Balaban J connectivity index is 2.20. The fourth-order valence-electron chi connectivity index (χ4n) is 1.59. The van der Waals surface area contributed by atoms with Crippen molar-refractivity contribution in [2.45, 2.75) is 13.5 Å². The van der Waals surface area contributed by atoms with Crippen molar-refractivity contribution in [3.8, 4) is 17.9 Å². The Labute approximate surface area is 119 Å². The number of aryl methyl sites for hydroxylation is 1. The van der Waals surface area contributed by atoms with Gasteiger partial charge in [-0.1, -0.05) is 28.1 Å². The van der Waals surface area contributed by atoms with E-state index >= 15 is 0 Å². The molecule has 0 aliphatic rings. The van der Waals surface area contributed by atoms with Crippen LogP contribution in [0.1, 0.15) is 11.1 Å². The molecule has 0 N–H and O–H groups in total. The molecule has 0 radical (unpaired) electrons. The molecular formula is C14H11BrN2O2. The van der Waals surface area contributed by atoms with Gasteiger partial charge in [0.1, 0.15) is 12.4 Å². The van der Waals surface area contributed by atoms with Gasteiger partial charge in [-0.25, -0.2) is 4.98 Å². The zero-order valence-corrected chi connectivity index (χ0v) is 11.8. The highest BCUT2D eigenvalue weighted by molar-refractivity contribution is 9.10. The maximum absolute atomic E-state index is 8.62. The van der Waals surface area contributed by atoms with Crippen molar-refractivity contribution in [3.63, 3.8) is 0 Å². The van der Waals surface area contributed by atoms with E-state index < -0.39 is 0 Å². The minimum absolute atomic E-state index is 0.274. The van der Waals surface area contributed by atoms with Crippen molar-refractivity contribution < 1.29 is 9.47 Å². The van der Waals surface area contributed by atoms with Gasteiger partial charge in [-0.15, -0.1) is 5.26 Å². The number of benzene rings is 1. The van der Waals surface area contributed by atoms with E-state index in [4.69, 9.17) is 14.7 Å². The summed E-state index contributed by atoms with van der Waals surface area (Å²) in [5, 5.41) is 8.62. The van der Waals surface area contributed by atoms with Crippen molar-refractivity contribution in [2.75, 3.05) is 0 Å². The summed E-state index contributed by atoms with van der Waals surface area (Å²) < 4.78 is 11.4. The van der Waals surface area contributed by atoms with Gasteiger partial charge in [-0.3, -0.25) is 0 Å². The number of nitrogens with zero attached hydrogens (tertiary/aromatic N) is 2. The Morgan fingerprint density at radius 3 is 2.89 bits per heavy atom. The van der Waals surface area contributed by atoms with E-state index in [1.165, 1.54) is 0 Å². The van der Waals surface area contributed by atoms with Crippen molar-refractivity contribution in [3.05, 3.63) is 52.1 Å². The topological polar surface area (TPSA) is 55.1 Å². The fourth-order valence-corrected chi connectivity index (χ4v) is 2.05. The number of pyridine rings is 1. The Kier molecular flexibility index (Phi) is 4.37. The van der Waals surface area contributed by atoms with Crippen molar-refractivity contribution in [1.29, 1.82) is 5.26 Å². The van der Waals surface area contributed by atoms with Crippen LogP contribution >= 0.6 is 15.9 Å². The average Bonchev–Trinajstić information content (AvgIpc) is 2.40. The Bertz CT molecular complexity index is 623. The average molecular weight is 319 g/mol. The third-order valence-corrected chi connectivity index (χ3v) is 3.29. The molecule has 0 aliphatic heterocycles. The maximum atomic E-state index is 8.62. The Morgan fingerprint density at radius 2 is 2.16 bits per heavy atom. The first-order valence-corrected chi connectivity index (χ1v) is 6.39. The molecule has 0 saturated heterocycles. The molecule has 96 valence electrons. The summed E-state index contributed by atoms with van der Waals surface area (Å²) in [7, 11) is 0. The third kappa shape index (κ3) is 3.24. The second-order valence-electron chi connectivity index (χ2n) is 3.82. The molecule has 0 spiro atoms. The summed E-state index contributed by atoms with van der Waals surface area (Å²) in [6, 6.07) is 9.17. The van der Waals surface area contributed by atoms with Crippen LogP contribution in [0.3, 0.4) is 0 Å². The summed E-state index contributed by atoms with van der Waals surface area (Å²) >= 11 is 3.42. The lowest BCUT2D eigenvalue weighted by molar-refractivity contribution is 0.286. The minimum Gasteiger partial charge on any atom is -0.472 e. The molecule has 1 aromatic heterocycles. The smallest absolute Gasteiger partial charge is 0.292 e. The molecule has 5 heteroatoms. The van der Waals surface area contributed by atoms with Crippen LogP contribution in [0.25, 0.3) is 0 Å². The fraction of sp³-hybridized carbons (Fsp3) is 0.143. The SMILES string of the molecule is Cc1cccnc1OCc1c(Br)cccc1OC#N. The van der Waals surface area contributed by atoms with E-state index in [1.807, 2.05) is 25.1 Å². The summed E-state index contributed by atoms with van der Waals surface area (Å²) in [5.41, 5.74) is 1.73. The molecule has 0 atom stereocenters. The molecule has 1 heterocycles. The van der Waals surface area contributed by atoms with Gasteiger partial charge in [0.05, 0.1) is 0 Å². The van der Waals surface area contributed by atoms with Crippen LogP contribution in [-0.2, 0) is 6.61 Å².